The lowest BCUT2D eigenvalue weighted by Crippen LogP contribution is -2.28. The molecule has 0 amide bonds. The number of hydrogen-bond donors (Lipinski definition) is 1. The average Bonchev–Trinajstić information content (AvgIpc) is 2.42. The van der Waals surface area contributed by atoms with Gasteiger partial charge in [-0.2, -0.15) is 0 Å². The Labute approximate surface area is 110 Å². The molecular weight excluding hydrogens is 220 g/mol. The molecule has 1 aliphatic rings. The molecule has 1 heteroatoms. The molecule has 3 unspecified atom stereocenters. The van der Waals surface area contributed by atoms with Crippen LogP contribution in [-0.2, 0) is 0 Å². The van der Waals surface area contributed by atoms with E-state index in [0.29, 0.717) is 11.8 Å². The van der Waals surface area contributed by atoms with Gasteiger partial charge in [-0.1, -0.05) is 30.3 Å². The van der Waals surface area contributed by atoms with Crippen LogP contribution in [0.3, 0.4) is 0 Å². The summed E-state index contributed by atoms with van der Waals surface area (Å²) in [7, 11) is 0. The summed E-state index contributed by atoms with van der Waals surface area (Å²) in [5.41, 5.74) is 1.43. The fourth-order valence-corrected chi connectivity index (χ4v) is 2.97. The van der Waals surface area contributed by atoms with E-state index in [2.05, 4.69) is 42.2 Å². The quantitative estimate of drug-likeness (QED) is 0.801. The van der Waals surface area contributed by atoms with Crippen molar-refractivity contribution in [2.45, 2.75) is 51.0 Å². The van der Waals surface area contributed by atoms with Crippen LogP contribution in [0.4, 0.5) is 0 Å². The topological polar surface area (TPSA) is 20.2 Å². The fourth-order valence-electron chi connectivity index (χ4n) is 2.97. The zero-order chi connectivity index (χ0) is 12.8. The molecular formula is C17H22O. The van der Waals surface area contributed by atoms with E-state index in [1.807, 2.05) is 6.92 Å². The number of hydrogen-bond acceptors (Lipinski definition) is 1. The second kappa shape index (κ2) is 6.61. The standard InChI is InChI=1S/C17H22O/c1-2-3-5-10-16-13-15(11-12-17(16)18)14-8-6-4-7-9-14/h4,6-9,15-18H,5,10-13H2,1H3. The molecule has 1 aromatic rings. The second-order valence-corrected chi connectivity index (χ2v) is 5.21. The average molecular weight is 242 g/mol. The van der Waals surface area contributed by atoms with Crippen LogP contribution in [-0.4, -0.2) is 11.2 Å². The maximum absolute atomic E-state index is 10.1. The van der Waals surface area contributed by atoms with Crippen LogP contribution in [0.2, 0.25) is 0 Å². The molecule has 0 bridgehead atoms. The highest BCUT2D eigenvalue weighted by molar-refractivity contribution is 5.20. The molecule has 1 nitrogen and oxygen atoms in total. The van der Waals surface area contributed by atoms with Gasteiger partial charge >= 0.3 is 0 Å². The SMILES string of the molecule is CC#CCCC1CC(c2ccccc2)CCC1O. The van der Waals surface area contributed by atoms with Gasteiger partial charge in [0.1, 0.15) is 0 Å². The zero-order valence-corrected chi connectivity index (χ0v) is 11.1. The van der Waals surface area contributed by atoms with Gasteiger partial charge in [-0.05, 0) is 50.0 Å². The second-order valence-electron chi connectivity index (χ2n) is 5.21. The Morgan fingerprint density at radius 1 is 1.22 bits per heavy atom. The van der Waals surface area contributed by atoms with Crippen LogP contribution in [0.15, 0.2) is 30.3 Å². The van der Waals surface area contributed by atoms with Crippen molar-refractivity contribution < 1.29 is 5.11 Å². The number of benzene rings is 1. The van der Waals surface area contributed by atoms with E-state index in [1.165, 1.54) is 5.56 Å². The summed E-state index contributed by atoms with van der Waals surface area (Å²) < 4.78 is 0. The van der Waals surface area contributed by atoms with Crippen molar-refractivity contribution in [3.8, 4) is 11.8 Å². The van der Waals surface area contributed by atoms with E-state index >= 15 is 0 Å². The molecule has 1 N–H and O–H groups in total. The lowest BCUT2D eigenvalue weighted by atomic mass is 9.75. The summed E-state index contributed by atoms with van der Waals surface area (Å²) in [5.74, 6) is 7.08. The third-order valence-electron chi connectivity index (χ3n) is 4.03. The van der Waals surface area contributed by atoms with Crippen molar-refractivity contribution >= 4 is 0 Å². The van der Waals surface area contributed by atoms with Crippen LogP contribution in [0.5, 0.6) is 0 Å². The summed E-state index contributed by atoms with van der Waals surface area (Å²) in [6.45, 7) is 1.88. The molecule has 1 fully saturated rings. The van der Waals surface area contributed by atoms with E-state index in [1.54, 1.807) is 0 Å². The van der Waals surface area contributed by atoms with Crippen LogP contribution < -0.4 is 0 Å². The third-order valence-corrected chi connectivity index (χ3v) is 4.03. The van der Waals surface area contributed by atoms with Crippen LogP contribution in [0.25, 0.3) is 0 Å². The Kier molecular flexibility index (Phi) is 4.84. The van der Waals surface area contributed by atoms with Crippen LogP contribution in [0.1, 0.15) is 50.5 Å². The molecule has 0 radical (unpaired) electrons. The molecule has 1 saturated carbocycles. The summed E-state index contributed by atoms with van der Waals surface area (Å²) in [6.07, 6.45) is 4.98. The van der Waals surface area contributed by atoms with Gasteiger partial charge in [-0.15, -0.1) is 11.8 Å². The first kappa shape index (κ1) is 13.2. The van der Waals surface area contributed by atoms with Crippen molar-refractivity contribution in [3.63, 3.8) is 0 Å². The molecule has 0 aromatic heterocycles. The lowest BCUT2D eigenvalue weighted by molar-refractivity contribution is 0.0581. The molecule has 0 aliphatic heterocycles. The largest absolute Gasteiger partial charge is 0.393 e. The Morgan fingerprint density at radius 3 is 2.72 bits per heavy atom. The highest BCUT2D eigenvalue weighted by Gasteiger charge is 2.29. The van der Waals surface area contributed by atoms with Crippen molar-refractivity contribution in [2.75, 3.05) is 0 Å². The van der Waals surface area contributed by atoms with Gasteiger partial charge in [0.05, 0.1) is 6.10 Å². The maximum Gasteiger partial charge on any atom is 0.0569 e. The molecule has 3 atom stereocenters. The number of aliphatic hydroxyl groups excluding tert-OH is 1. The molecule has 0 spiro atoms. The van der Waals surface area contributed by atoms with Gasteiger partial charge in [0.2, 0.25) is 0 Å². The molecule has 96 valence electrons. The van der Waals surface area contributed by atoms with Crippen molar-refractivity contribution in [1.82, 2.24) is 0 Å². The summed E-state index contributed by atoms with van der Waals surface area (Å²) in [4.78, 5) is 0. The first-order valence-corrected chi connectivity index (χ1v) is 6.94. The number of aliphatic hydroxyl groups is 1. The summed E-state index contributed by atoms with van der Waals surface area (Å²) >= 11 is 0. The molecule has 0 heterocycles. The highest BCUT2D eigenvalue weighted by atomic mass is 16.3. The minimum atomic E-state index is -0.122. The summed E-state index contributed by atoms with van der Waals surface area (Å²) in [5, 5.41) is 10.1. The lowest BCUT2D eigenvalue weighted by Gasteiger charge is -2.33. The monoisotopic (exact) mass is 242 g/mol. The first-order chi connectivity index (χ1) is 8.81. The van der Waals surface area contributed by atoms with E-state index in [4.69, 9.17) is 0 Å². The molecule has 18 heavy (non-hydrogen) atoms. The Balaban J connectivity index is 1.97. The molecule has 0 saturated heterocycles. The van der Waals surface area contributed by atoms with Crippen molar-refractivity contribution in [2.24, 2.45) is 5.92 Å². The number of rotatable bonds is 3. The van der Waals surface area contributed by atoms with Gasteiger partial charge in [-0.25, -0.2) is 0 Å². The van der Waals surface area contributed by atoms with E-state index in [0.717, 1.165) is 32.1 Å². The van der Waals surface area contributed by atoms with Gasteiger partial charge in [-0.3, -0.25) is 0 Å². The molecule has 2 rings (SSSR count). The van der Waals surface area contributed by atoms with Crippen LogP contribution in [0, 0.1) is 17.8 Å². The zero-order valence-electron chi connectivity index (χ0n) is 11.1. The van der Waals surface area contributed by atoms with Gasteiger partial charge in [0.25, 0.3) is 0 Å². The normalized spacial score (nSPS) is 27.3. The third kappa shape index (κ3) is 3.37. The highest BCUT2D eigenvalue weighted by Crippen LogP contribution is 2.38. The van der Waals surface area contributed by atoms with Crippen molar-refractivity contribution in [3.05, 3.63) is 35.9 Å². The first-order valence-electron chi connectivity index (χ1n) is 6.94. The van der Waals surface area contributed by atoms with E-state index in [-0.39, 0.29) is 6.10 Å². The van der Waals surface area contributed by atoms with Gasteiger partial charge < -0.3 is 5.11 Å². The van der Waals surface area contributed by atoms with Crippen molar-refractivity contribution in [1.29, 1.82) is 0 Å². The Bertz CT molecular complexity index is 412. The minimum Gasteiger partial charge on any atom is -0.393 e. The predicted molar refractivity (Wildman–Crippen MR) is 75.2 cm³/mol. The Hall–Kier alpha value is -1.26. The molecule has 1 aromatic carbocycles. The molecule has 1 aliphatic carbocycles. The maximum atomic E-state index is 10.1. The smallest absolute Gasteiger partial charge is 0.0569 e. The summed E-state index contributed by atoms with van der Waals surface area (Å²) in [6, 6.07) is 10.7. The van der Waals surface area contributed by atoms with E-state index in [9.17, 15) is 5.11 Å². The predicted octanol–water partition coefficient (Wildman–Crippen LogP) is 3.73. The van der Waals surface area contributed by atoms with Gasteiger partial charge in [0.15, 0.2) is 0 Å². The van der Waals surface area contributed by atoms with Gasteiger partial charge in [0, 0.05) is 6.42 Å². The van der Waals surface area contributed by atoms with Crippen LogP contribution >= 0.6 is 0 Å². The fraction of sp³-hybridized carbons (Fsp3) is 0.529. The minimum absolute atomic E-state index is 0.122. The Morgan fingerprint density at radius 2 is 2.00 bits per heavy atom. The van der Waals surface area contributed by atoms with E-state index < -0.39 is 0 Å².